The molecule has 0 aromatic heterocycles. The van der Waals surface area contributed by atoms with Gasteiger partial charge in [0.25, 0.3) is 5.91 Å². The number of benzene rings is 1. The van der Waals surface area contributed by atoms with Crippen molar-refractivity contribution in [3.63, 3.8) is 0 Å². The van der Waals surface area contributed by atoms with Crippen LogP contribution in [-0.4, -0.2) is 45.5 Å². The molecule has 0 bridgehead atoms. The van der Waals surface area contributed by atoms with Gasteiger partial charge in [-0.2, -0.15) is 0 Å². The Morgan fingerprint density at radius 1 is 1.27 bits per heavy atom. The number of rotatable bonds is 6. The molecular weight excluding hydrogens is 282 g/mol. The third kappa shape index (κ3) is 2.66. The van der Waals surface area contributed by atoms with Gasteiger partial charge in [-0.1, -0.05) is 6.58 Å². The molecule has 1 heterocycles. The summed E-state index contributed by atoms with van der Waals surface area (Å²) in [7, 11) is 4.74. The summed E-state index contributed by atoms with van der Waals surface area (Å²) >= 11 is 0. The Morgan fingerprint density at radius 2 is 1.91 bits per heavy atom. The Balaban J connectivity index is 2.35. The molecule has 22 heavy (non-hydrogen) atoms. The van der Waals surface area contributed by atoms with Gasteiger partial charge < -0.3 is 19.1 Å². The van der Waals surface area contributed by atoms with Crippen molar-refractivity contribution in [3.05, 3.63) is 42.1 Å². The zero-order chi connectivity index (χ0) is 16.3. The lowest BCUT2D eigenvalue weighted by Crippen LogP contribution is -2.70. The highest BCUT2D eigenvalue weighted by atomic mass is 16.5. The maximum Gasteiger partial charge on any atom is 0.258 e. The normalized spacial score (nSPS) is 21.8. The molecule has 5 heteroatoms. The zero-order valence-electron chi connectivity index (χ0n) is 13.3. The lowest BCUT2D eigenvalue weighted by Gasteiger charge is -2.49. The first kappa shape index (κ1) is 16.3. The van der Waals surface area contributed by atoms with Crippen molar-refractivity contribution in [1.29, 1.82) is 0 Å². The molecule has 1 amide bonds. The topological polar surface area (TPSA) is 48.0 Å². The fraction of sp³-hybridized carbons (Fsp3) is 0.412. The van der Waals surface area contributed by atoms with E-state index in [1.54, 1.807) is 19.1 Å². The predicted molar refractivity (Wildman–Crippen MR) is 84.2 cm³/mol. The molecule has 2 rings (SSSR count). The lowest BCUT2D eigenvalue weighted by molar-refractivity contribution is -0.143. The van der Waals surface area contributed by atoms with Crippen LogP contribution in [0.25, 0.3) is 0 Å². The maximum absolute atomic E-state index is 12.4. The highest BCUT2D eigenvalue weighted by Crippen LogP contribution is 2.35. The number of β-lactam (4-membered cyclic amide) rings is 1. The molecule has 1 aliphatic rings. The summed E-state index contributed by atoms with van der Waals surface area (Å²) in [6.45, 7) is 5.54. The van der Waals surface area contributed by atoms with Gasteiger partial charge in [-0.25, -0.2) is 0 Å². The summed E-state index contributed by atoms with van der Waals surface area (Å²) in [4.78, 5) is 14.0. The van der Waals surface area contributed by atoms with Crippen molar-refractivity contribution in [3.8, 4) is 5.75 Å². The monoisotopic (exact) mass is 303 g/mol. The molecule has 1 aromatic carbocycles. The van der Waals surface area contributed by atoms with Gasteiger partial charge >= 0.3 is 0 Å². The lowest BCUT2D eigenvalue weighted by atomic mass is 9.88. The molecule has 1 aromatic rings. The molecule has 1 aliphatic heterocycles. The van der Waals surface area contributed by atoms with Gasteiger partial charge in [0.1, 0.15) is 17.9 Å². The van der Waals surface area contributed by atoms with Gasteiger partial charge in [-0.3, -0.25) is 4.79 Å². The number of nitrogens with zero attached hydrogens (tertiary/aromatic N) is 1. The van der Waals surface area contributed by atoms with Gasteiger partial charge in [0.05, 0.1) is 7.11 Å². The molecule has 0 radical (unpaired) electrons. The van der Waals surface area contributed by atoms with Crippen LogP contribution in [0.4, 0.5) is 5.69 Å². The van der Waals surface area contributed by atoms with Crippen LogP contribution in [-0.2, 0) is 14.3 Å². The van der Waals surface area contributed by atoms with Crippen molar-refractivity contribution in [1.82, 2.24) is 0 Å². The van der Waals surface area contributed by atoms with E-state index in [0.717, 1.165) is 17.0 Å². The zero-order valence-corrected chi connectivity index (χ0v) is 13.3. The van der Waals surface area contributed by atoms with E-state index < -0.39 is 6.10 Å². The number of ether oxygens (including phenoxy) is 3. The molecule has 0 aliphatic carbocycles. The Morgan fingerprint density at radius 3 is 2.36 bits per heavy atom. The highest BCUT2D eigenvalue weighted by molar-refractivity contribution is 6.05. The van der Waals surface area contributed by atoms with E-state index in [4.69, 9.17) is 14.2 Å². The first-order valence-corrected chi connectivity index (χ1v) is 6.98. The summed E-state index contributed by atoms with van der Waals surface area (Å²) in [6, 6.07) is 7.07. The van der Waals surface area contributed by atoms with E-state index in [9.17, 15) is 4.79 Å². The minimum absolute atomic E-state index is 0.0865. The Kier molecular flexibility index (Phi) is 5.03. The largest absolute Gasteiger partial charge is 0.497 e. The summed E-state index contributed by atoms with van der Waals surface area (Å²) in [5.41, 5.74) is 4.46. The number of methoxy groups -OCH3 is 3. The van der Waals surface area contributed by atoms with Crippen LogP contribution in [0.1, 0.15) is 6.92 Å². The molecule has 0 unspecified atom stereocenters. The van der Waals surface area contributed by atoms with Gasteiger partial charge in [-0.05, 0) is 36.8 Å². The summed E-state index contributed by atoms with van der Waals surface area (Å²) in [5.74, 6) is 0.651. The molecule has 1 fully saturated rings. The van der Waals surface area contributed by atoms with Crippen LogP contribution in [0.5, 0.6) is 5.75 Å². The SMILES string of the molecule is C=C=C(C)[C@@H](OC)[C@H]1[C@@H](OC)C(=O)N1c1ccc(OC)cc1. The number of hydrogen-bond acceptors (Lipinski definition) is 4. The van der Waals surface area contributed by atoms with Crippen molar-refractivity contribution in [2.45, 2.75) is 25.2 Å². The molecular formula is C17H21NO4. The van der Waals surface area contributed by atoms with Crippen molar-refractivity contribution in [2.24, 2.45) is 0 Å². The Hall–Kier alpha value is -2.07. The van der Waals surface area contributed by atoms with Gasteiger partial charge in [0, 0.05) is 19.9 Å². The van der Waals surface area contributed by atoms with E-state index >= 15 is 0 Å². The Bertz CT molecular complexity index is 589. The number of carbonyl (C=O) groups excluding carboxylic acids is 1. The third-order valence-electron chi connectivity index (χ3n) is 3.96. The number of hydrogen-bond donors (Lipinski definition) is 0. The number of amides is 1. The summed E-state index contributed by atoms with van der Waals surface area (Å²) < 4.78 is 16.0. The molecule has 118 valence electrons. The standard InChI is InChI=1S/C17H21NO4/c1-6-11(2)15(21-4)14-16(22-5)17(19)18(14)12-7-9-13(20-3)10-8-12/h7-10,14-16H,1H2,2-5H3/t14-,15+,16+/m0/s1. The molecule has 0 saturated carbocycles. The first-order valence-electron chi connectivity index (χ1n) is 6.98. The maximum atomic E-state index is 12.4. The van der Waals surface area contributed by atoms with Crippen LogP contribution in [0.3, 0.4) is 0 Å². The van der Waals surface area contributed by atoms with E-state index in [2.05, 4.69) is 12.3 Å². The van der Waals surface area contributed by atoms with Gasteiger partial charge in [-0.15, -0.1) is 5.73 Å². The number of carbonyl (C=O) groups is 1. The van der Waals surface area contributed by atoms with Crippen LogP contribution in [0, 0.1) is 0 Å². The molecule has 3 atom stereocenters. The van der Waals surface area contributed by atoms with Crippen LogP contribution >= 0.6 is 0 Å². The number of anilines is 1. The Labute approximate surface area is 130 Å². The molecule has 5 nitrogen and oxygen atoms in total. The van der Waals surface area contributed by atoms with Crippen molar-refractivity contribution < 1.29 is 19.0 Å². The summed E-state index contributed by atoms with van der Waals surface area (Å²) in [6.07, 6.45) is -0.849. The van der Waals surface area contributed by atoms with Crippen LogP contribution < -0.4 is 9.64 Å². The van der Waals surface area contributed by atoms with Crippen LogP contribution in [0.2, 0.25) is 0 Å². The van der Waals surface area contributed by atoms with Crippen molar-refractivity contribution >= 4 is 11.6 Å². The van der Waals surface area contributed by atoms with E-state index in [-0.39, 0.29) is 18.1 Å². The smallest absolute Gasteiger partial charge is 0.258 e. The van der Waals surface area contributed by atoms with Gasteiger partial charge in [0.2, 0.25) is 0 Å². The van der Waals surface area contributed by atoms with Crippen LogP contribution in [0.15, 0.2) is 42.1 Å². The molecule has 0 N–H and O–H groups in total. The highest BCUT2D eigenvalue weighted by Gasteiger charge is 2.53. The van der Waals surface area contributed by atoms with Gasteiger partial charge in [0.15, 0.2) is 6.10 Å². The quantitative estimate of drug-likeness (QED) is 0.597. The second-order valence-corrected chi connectivity index (χ2v) is 5.07. The summed E-state index contributed by atoms with van der Waals surface area (Å²) in [5, 5.41) is 0. The van der Waals surface area contributed by atoms with Crippen molar-refractivity contribution in [2.75, 3.05) is 26.2 Å². The fourth-order valence-electron chi connectivity index (χ4n) is 2.73. The minimum atomic E-state index is -0.532. The van der Waals surface area contributed by atoms with E-state index in [1.165, 1.54) is 7.11 Å². The molecule has 1 saturated heterocycles. The average molecular weight is 303 g/mol. The third-order valence-corrected chi connectivity index (χ3v) is 3.96. The average Bonchev–Trinajstić information content (AvgIpc) is 2.55. The first-order chi connectivity index (χ1) is 10.6. The molecule has 0 spiro atoms. The van der Waals surface area contributed by atoms with E-state index in [0.29, 0.717) is 0 Å². The minimum Gasteiger partial charge on any atom is -0.497 e. The second kappa shape index (κ2) is 6.79. The predicted octanol–water partition coefficient (Wildman–Crippen LogP) is 2.17. The second-order valence-electron chi connectivity index (χ2n) is 5.07. The fourth-order valence-corrected chi connectivity index (χ4v) is 2.73. The van der Waals surface area contributed by atoms with E-state index in [1.807, 2.05) is 31.2 Å².